The van der Waals surface area contributed by atoms with Crippen LogP contribution in [0.15, 0.2) is 47.6 Å². The van der Waals surface area contributed by atoms with Gasteiger partial charge < -0.3 is 15.2 Å². The number of nitrogens with zero attached hydrogens (tertiary/aromatic N) is 3. The molecular formula is C19H16Cl3N5O2S. The first-order valence-electron chi connectivity index (χ1n) is 8.64. The summed E-state index contributed by atoms with van der Waals surface area (Å²) >= 11 is 19.3. The molecule has 0 aliphatic carbocycles. The lowest BCUT2D eigenvalue weighted by molar-refractivity contribution is -0.113. The Morgan fingerprint density at radius 1 is 1.03 bits per heavy atom. The van der Waals surface area contributed by atoms with Crippen molar-refractivity contribution in [3.8, 4) is 0 Å². The summed E-state index contributed by atoms with van der Waals surface area (Å²) in [5.74, 6) is 0.0633. The summed E-state index contributed by atoms with van der Waals surface area (Å²) in [6, 6.07) is 11.8. The minimum Gasteiger partial charge on any atom is -0.345 e. The van der Waals surface area contributed by atoms with E-state index in [4.69, 9.17) is 34.8 Å². The van der Waals surface area contributed by atoms with Gasteiger partial charge >= 0.3 is 0 Å². The molecule has 1 aromatic heterocycles. The smallest absolute Gasteiger partial charge is 0.253 e. The second-order valence-corrected chi connectivity index (χ2v) is 8.19. The van der Waals surface area contributed by atoms with Crippen molar-refractivity contribution in [1.29, 1.82) is 0 Å². The zero-order valence-corrected chi connectivity index (χ0v) is 18.7. The Hall–Kier alpha value is -2.26. The van der Waals surface area contributed by atoms with Gasteiger partial charge in [-0.25, -0.2) is 0 Å². The predicted molar refractivity (Wildman–Crippen MR) is 119 cm³/mol. The highest BCUT2D eigenvalue weighted by molar-refractivity contribution is 7.99. The SMILES string of the molecule is Cn1c(CNC(=O)c2ccccc2Cl)nnc1SCC(=O)Nc1cccc(Cl)c1Cl. The fraction of sp³-hybridized carbons (Fsp3) is 0.158. The third kappa shape index (κ3) is 5.46. The van der Waals surface area contributed by atoms with Crippen LogP contribution < -0.4 is 10.6 Å². The van der Waals surface area contributed by atoms with Gasteiger partial charge in [0.1, 0.15) is 0 Å². The van der Waals surface area contributed by atoms with Crippen LogP contribution in [0.3, 0.4) is 0 Å². The summed E-state index contributed by atoms with van der Waals surface area (Å²) in [4.78, 5) is 24.5. The van der Waals surface area contributed by atoms with Crippen molar-refractivity contribution >= 4 is 64.1 Å². The number of carbonyl (C=O) groups is 2. The summed E-state index contributed by atoms with van der Waals surface area (Å²) in [6.07, 6.45) is 0. The molecule has 0 radical (unpaired) electrons. The Kier molecular flexibility index (Phi) is 7.60. The normalized spacial score (nSPS) is 10.7. The van der Waals surface area contributed by atoms with Crippen molar-refractivity contribution in [3.63, 3.8) is 0 Å². The number of thioether (sulfide) groups is 1. The average molecular weight is 485 g/mol. The van der Waals surface area contributed by atoms with Crippen LogP contribution in [0, 0.1) is 0 Å². The van der Waals surface area contributed by atoms with Crippen molar-refractivity contribution in [2.24, 2.45) is 7.05 Å². The van der Waals surface area contributed by atoms with Gasteiger partial charge in [0.25, 0.3) is 5.91 Å². The lowest BCUT2D eigenvalue weighted by atomic mass is 10.2. The zero-order chi connectivity index (χ0) is 21.7. The molecule has 3 rings (SSSR count). The molecule has 2 amide bonds. The minimum atomic E-state index is -0.310. The van der Waals surface area contributed by atoms with Crippen LogP contribution in [0.4, 0.5) is 5.69 Å². The maximum atomic E-state index is 12.3. The molecule has 0 spiro atoms. The lowest BCUT2D eigenvalue weighted by Crippen LogP contribution is -2.24. The molecule has 156 valence electrons. The largest absolute Gasteiger partial charge is 0.345 e. The molecule has 0 aliphatic rings. The Bertz CT molecular complexity index is 1090. The highest BCUT2D eigenvalue weighted by atomic mass is 35.5. The second kappa shape index (κ2) is 10.2. The quantitative estimate of drug-likeness (QED) is 0.484. The number of anilines is 1. The van der Waals surface area contributed by atoms with Crippen LogP contribution in [0.1, 0.15) is 16.2 Å². The van der Waals surface area contributed by atoms with Gasteiger partial charge in [0.2, 0.25) is 5.91 Å². The maximum absolute atomic E-state index is 12.3. The van der Waals surface area contributed by atoms with Gasteiger partial charge in [0.05, 0.1) is 38.6 Å². The van der Waals surface area contributed by atoms with E-state index in [-0.39, 0.29) is 29.1 Å². The van der Waals surface area contributed by atoms with Crippen LogP contribution in [-0.2, 0) is 18.4 Å². The highest BCUT2D eigenvalue weighted by Gasteiger charge is 2.15. The van der Waals surface area contributed by atoms with Crippen LogP contribution in [0.2, 0.25) is 15.1 Å². The van der Waals surface area contributed by atoms with E-state index in [2.05, 4.69) is 20.8 Å². The summed E-state index contributed by atoms with van der Waals surface area (Å²) < 4.78 is 1.71. The molecule has 7 nitrogen and oxygen atoms in total. The molecule has 11 heteroatoms. The van der Waals surface area contributed by atoms with Crippen molar-refractivity contribution in [3.05, 3.63) is 68.9 Å². The van der Waals surface area contributed by atoms with E-state index >= 15 is 0 Å². The number of nitrogens with one attached hydrogen (secondary N) is 2. The molecule has 0 saturated heterocycles. The molecule has 0 atom stereocenters. The molecular weight excluding hydrogens is 469 g/mol. The number of hydrogen-bond acceptors (Lipinski definition) is 5. The molecule has 3 aromatic rings. The van der Waals surface area contributed by atoms with E-state index in [9.17, 15) is 9.59 Å². The van der Waals surface area contributed by atoms with Gasteiger partial charge in [0, 0.05) is 7.05 Å². The number of halogens is 3. The average Bonchev–Trinajstić information content (AvgIpc) is 3.08. The lowest BCUT2D eigenvalue weighted by Gasteiger charge is -2.08. The van der Waals surface area contributed by atoms with E-state index in [0.29, 0.717) is 32.3 Å². The monoisotopic (exact) mass is 483 g/mol. The molecule has 2 aromatic carbocycles. The van der Waals surface area contributed by atoms with Crippen molar-refractivity contribution < 1.29 is 9.59 Å². The number of hydrogen-bond donors (Lipinski definition) is 2. The van der Waals surface area contributed by atoms with Gasteiger partial charge in [-0.1, -0.05) is 64.8 Å². The van der Waals surface area contributed by atoms with Crippen molar-refractivity contribution in [2.75, 3.05) is 11.1 Å². The van der Waals surface area contributed by atoms with E-state index < -0.39 is 0 Å². The predicted octanol–water partition coefficient (Wildman–Crippen LogP) is 4.44. The van der Waals surface area contributed by atoms with Crippen LogP contribution in [0.5, 0.6) is 0 Å². The maximum Gasteiger partial charge on any atom is 0.253 e. The first-order valence-corrected chi connectivity index (χ1v) is 10.8. The summed E-state index contributed by atoms with van der Waals surface area (Å²) in [5.41, 5.74) is 0.822. The van der Waals surface area contributed by atoms with Crippen molar-refractivity contribution in [2.45, 2.75) is 11.7 Å². The van der Waals surface area contributed by atoms with Gasteiger partial charge in [-0.3, -0.25) is 9.59 Å². The van der Waals surface area contributed by atoms with Gasteiger partial charge in [-0.2, -0.15) is 0 Å². The number of aromatic nitrogens is 3. The molecule has 1 heterocycles. The third-order valence-electron chi connectivity index (χ3n) is 4.01. The van der Waals surface area contributed by atoms with E-state index in [1.54, 1.807) is 54.1 Å². The topological polar surface area (TPSA) is 88.9 Å². The minimum absolute atomic E-state index is 0.0980. The Morgan fingerprint density at radius 3 is 2.53 bits per heavy atom. The fourth-order valence-electron chi connectivity index (χ4n) is 2.44. The number of rotatable bonds is 7. The van der Waals surface area contributed by atoms with Gasteiger partial charge in [-0.05, 0) is 24.3 Å². The second-order valence-electron chi connectivity index (χ2n) is 6.06. The summed E-state index contributed by atoms with van der Waals surface area (Å²) in [6.45, 7) is 0.165. The van der Waals surface area contributed by atoms with Crippen LogP contribution in [-0.4, -0.2) is 32.3 Å². The van der Waals surface area contributed by atoms with Gasteiger partial charge in [-0.15, -0.1) is 10.2 Å². The summed E-state index contributed by atoms with van der Waals surface area (Å²) in [7, 11) is 1.76. The zero-order valence-electron chi connectivity index (χ0n) is 15.7. The number of benzene rings is 2. The Balaban J connectivity index is 1.55. The molecule has 0 fully saturated rings. The first-order chi connectivity index (χ1) is 14.4. The summed E-state index contributed by atoms with van der Waals surface area (Å²) in [5, 5.41) is 15.1. The first kappa shape index (κ1) is 22.4. The Morgan fingerprint density at radius 2 is 1.77 bits per heavy atom. The van der Waals surface area contributed by atoms with E-state index in [0.717, 1.165) is 0 Å². The van der Waals surface area contributed by atoms with Gasteiger partial charge in [0.15, 0.2) is 11.0 Å². The fourth-order valence-corrected chi connectivity index (χ4v) is 3.74. The van der Waals surface area contributed by atoms with Crippen LogP contribution in [0.25, 0.3) is 0 Å². The van der Waals surface area contributed by atoms with E-state index in [1.807, 2.05) is 0 Å². The van der Waals surface area contributed by atoms with Crippen LogP contribution >= 0.6 is 46.6 Å². The molecule has 0 unspecified atom stereocenters. The molecule has 30 heavy (non-hydrogen) atoms. The highest BCUT2D eigenvalue weighted by Crippen LogP contribution is 2.29. The molecule has 2 N–H and O–H groups in total. The molecule has 0 bridgehead atoms. The standard InChI is InChI=1S/C19H16Cl3N5O2S/c1-27-15(9-23-18(29)11-5-2-3-6-12(11)20)25-26-19(27)30-10-16(28)24-14-8-4-7-13(21)17(14)22/h2-8H,9-10H2,1H3,(H,23,29)(H,24,28). The Labute approximate surface area is 192 Å². The van der Waals surface area contributed by atoms with E-state index in [1.165, 1.54) is 11.8 Å². The number of amides is 2. The molecule has 0 saturated carbocycles. The van der Waals surface area contributed by atoms with Crippen molar-refractivity contribution in [1.82, 2.24) is 20.1 Å². The molecule has 0 aliphatic heterocycles. The third-order valence-corrected chi connectivity index (χ3v) is 6.18. The number of carbonyl (C=O) groups excluding carboxylic acids is 2.